The third kappa shape index (κ3) is 10.5. The average molecular weight is 141 g/mol. The van der Waals surface area contributed by atoms with Crippen molar-refractivity contribution >= 4 is 13.7 Å². The van der Waals surface area contributed by atoms with Crippen molar-refractivity contribution in [2.24, 2.45) is 0 Å². The van der Waals surface area contributed by atoms with E-state index in [4.69, 9.17) is 9.90 Å². The van der Waals surface area contributed by atoms with Crippen LogP contribution in [0, 0.1) is 0 Å². The van der Waals surface area contributed by atoms with Gasteiger partial charge in [0, 0.05) is 0 Å². The second kappa shape index (κ2) is 6.61. The van der Waals surface area contributed by atoms with Crippen LogP contribution in [0.15, 0.2) is 0 Å². The van der Waals surface area contributed by atoms with Crippen LogP contribution in [-0.4, -0.2) is 31.9 Å². The van der Waals surface area contributed by atoms with E-state index in [-0.39, 0.29) is 0 Å². The van der Waals surface area contributed by atoms with E-state index in [0.717, 1.165) is 0 Å². The predicted molar refractivity (Wildman–Crippen MR) is 40.5 cm³/mol. The number of nitrogens with one attached hydrogen (secondary N) is 1. The standard InChI is InChI=1S/C5H11N.CHBO2/c1-2-4-6-5-3-1;2-1(3)4/h6H,1-5H2;(H,3,4). The first-order valence-corrected chi connectivity index (χ1v) is 3.42. The zero-order valence-electron chi connectivity index (χ0n) is 5.97. The Labute approximate surface area is 62.2 Å². The fraction of sp³-hybridized carbons (Fsp3) is 0.833. The highest BCUT2D eigenvalue weighted by Crippen LogP contribution is 1.96. The Morgan fingerprint density at radius 1 is 1.30 bits per heavy atom. The first-order valence-electron chi connectivity index (χ1n) is 3.42. The van der Waals surface area contributed by atoms with Gasteiger partial charge in [0.1, 0.15) is 0 Å². The van der Waals surface area contributed by atoms with Crippen LogP contribution in [0.4, 0.5) is 4.79 Å². The summed E-state index contributed by atoms with van der Waals surface area (Å²) in [5.74, 6) is -1.33. The summed E-state index contributed by atoms with van der Waals surface area (Å²) in [5.41, 5.74) is 0. The third-order valence-electron chi connectivity index (χ3n) is 1.21. The fourth-order valence-electron chi connectivity index (χ4n) is 0.802. The molecule has 4 heteroatoms. The summed E-state index contributed by atoms with van der Waals surface area (Å²) in [7, 11) is 4.03. The minimum absolute atomic E-state index is 1.25. The molecule has 0 aromatic rings. The predicted octanol–water partition coefficient (Wildman–Crippen LogP) is 0.593. The van der Waals surface area contributed by atoms with Crippen molar-refractivity contribution in [2.75, 3.05) is 13.1 Å². The molecular weight excluding hydrogens is 129 g/mol. The van der Waals surface area contributed by atoms with Crippen LogP contribution in [-0.2, 0) is 0 Å². The van der Waals surface area contributed by atoms with E-state index in [1.54, 1.807) is 0 Å². The van der Waals surface area contributed by atoms with Crippen LogP contribution >= 0.6 is 0 Å². The topological polar surface area (TPSA) is 49.3 Å². The van der Waals surface area contributed by atoms with Crippen molar-refractivity contribution in [3.05, 3.63) is 0 Å². The molecule has 0 atom stereocenters. The van der Waals surface area contributed by atoms with Crippen LogP contribution in [0.25, 0.3) is 0 Å². The molecule has 1 rings (SSSR count). The number of carboxylic acid groups (broad SMARTS) is 1. The maximum absolute atomic E-state index is 8.78. The molecule has 0 saturated carbocycles. The van der Waals surface area contributed by atoms with Gasteiger partial charge in [-0.3, -0.25) is 4.79 Å². The maximum Gasteiger partial charge on any atom is 0.233 e. The van der Waals surface area contributed by atoms with Crippen molar-refractivity contribution in [2.45, 2.75) is 19.3 Å². The molecule has 1 heterocycles. The molecule has 2 N–H and O–H groups in total. The van der Waals surface area contributed by atoms with Gasteiger partial charge in [0.05, 0.1) is 0 Å². The van der Waals surface area contributed by atoms with Crippen LogP contribution in [0.2, 0.25) is 0 Å². The largest absolute Gasteiger partial charge is 0.490 e. The highest BCUT2D eigenvalue weighted by molar-refractivity contribution is 6.54. The summed E-state index contributed by atoms with van der Waals surface area (Å²) in [6.07, 6.45) is 4.22. The van der Waals surface area contributed by atoms with Crippen LogP contribution in [0.5, 0.6) is 0 Å². The molecule has 0 bridgehead atoms. The van der Waals surface area contributed by atoms with Crippen LogP contribution in [0.3, 0.4) is 0 Å². The molecular formula is C6H12BNO2. The summed E-state index contributed by atoms with van der Waals surface area (Å²) in [5, 5.41) is 10.5. The van der Waals surface area contributed by atoms with Gasteiger partial charge in [0.25, 0.3) is 0 Å². The van der Waals surface area contributed by atoms with Gasteiger partial charge in [-0.2, -0.15) is 0 Å². The Hall–Kier alpha value is -0.505. The lowest BCUT2D eigenvalue weighted by molar-refractivity contribution is 0.220. The van der Waals surface area contributed by atoms with Gasteiger partial charge in [-0.15, -0.1) is 0 Å². The summed E-state index contributed by atoms with van der Waals surface area (Å²) in [6.45, 7) is 2.50. The van der Waals surface area contributed by atoms with E-state index in [1.807, 2.05) is 0 Å². The number of rotatable bonds is 0. The van der Waals surface area contributed by atoms with E-state index < -0.39 is 5.87 Å². The Morgan fingerprint density at radius 3 is 1.80 bits per heavy atom. The summed E-state index contributed by atoms with van der Waals surface area (Å²) in [4.78, 5) is 8.78. The van der Waals surface area contributed by atoms with Gasteiger partial charge in [-0.25, -0.2) is 0 Å². The number of hydrogen-bond acceptors (Lipinski definition) is 2. The number of piperidine rings is 1. The molecule has 2 radical (unpaired) electrons. The SMILES string of the molecule is C1CCNCC1.[B]C(=O)O. The molecule has 0 spiro atoms. The van der Waals surface area contributed by atoms with E-state index in [9.17, 15) is 0 Å². The van der Waals surface area contributed by atoms with Crippen molar-refractivity contribution in [3.8, 4) is 0 Å². The monoisotopic (exact) mass is 141 g/mol. The van der Waals surface area contributed by atoms with Crippen LogP contribution in [0.1, 0.15) is 19.3 Å². The first kappa shape index (κ1) is 9.49. The molecule has 56 valence electrons. The molecule has 0 amide bonds. The minimum Gasteiger partial charge on any atom is -0.490 e. The minimum atomic E-state index is -1.33. The highest BCUT2D eigenvalue weighted by Gasteiger charge is 1.93. The Kier molecular flexibility index (Phi) is 6.28. The lowest BCUT2D eigenvalue weighted by Crippen LogP contribution is -2.21. The zero-order valence-corrected chi connectivity index (χ0v) is 5.97. The quantitative estimate of drug-likeness (QED) is 0.485. The zero-order chi connectivity index (χ0) is 7.82. The van der Waals surface area contributed by atoms with Crippen molar-refractivity contribution < 1.29 is 9.90 Å². The van der Waals surface area contributed by atoms with E-state index in [0.29, 0.717) is 0 Å². The normalized spacial score (nSPS) is 16.8. The van der Waals surface area contributed by atoms with Gasteiger partial charge in [-0.1, -0.05) is 6.42 Å². The molecule has 0 aromatic carbocycles. The molecule has 3 nitrogen and oxygen atoms in total. The number of carbonyl (C=O) groups is 1. The first-order chi connectivity index (χ1) is 4.73. The third-order valence-corrected chi connectivity index (χ3v) is 1.21. The summed E-state index contributed by atoms with van der Waals surface area (Å²) < 4.78 is 0. The van der Waals surface area contributed by atoms with Crippen molar-refractivity contribution in [1.82, 2.24) is 5.32 Å². The van der Waals surface area contributed by atoms with Gasteiger partial charge >= 0.3 is 0 Å². The van der Waals surface area contributed by atoms with Gasteiger partial charge in [0.15, 0.2) is 0 Å². The van der Waals surface area contributed by atoms with Crippen LogP contribution < -0.4 is 5.32 Å². The Bertz CT molecular complexity index is 78.2. The van der Waals surface area contributed by atoms with Crippen molar-refractivity contribution in [1.29, 1.82) is 0 Å². The summed E-state index contributed by atoms with van der Waals surface area (Å²) in [6, 6.07) is 0. The van der Waals surface area contributed by atoms with E-state index in [2.05, 4.69) is 13.2 Å². The van der Waals surface area contributed by atoms with Gasteiger partial charge < -0.3 is 10.4 Å². The number of hydrogen-bond donors (Lipinski definition) is 2. The van der Waals surface area contributed by atoms with E-state index >= 15 is 0 Å². The van der Waals surface area contributed by atoms with Gasteiger partial charge in [0.2, 0.25) is 13.7 Å². The van der Waals surface area contributed by atoms with Gasteiger partial charge in [-0.05, 0) is 25.9 Å². The molecule has 0 aromatic heterocycles. The lowest BCUT2D eigenvalue weighted by atomic mass is 10.2. The molecule has 1 fully saturated rings. The second-order valence-electron chi connectivity index (χ2n) is 2.15. The molecule has 0 aliphatic carbocycles. The highest BCUT2D eigenvalue weighted by atomic mass is 16.4. The molecule has 1 aliphatic heterocycles. The second-order valence-corrected chi connectivity index (χ2v) is 2.15. The Morgan fingerprint density at radius 2 is 1.70 bits per heavy atom. The molecule has 1 aliphatic rings. The smallest absolute Gasteiger partial charge is 0.233 e. The fourth-order valence-corrected chi connectivity index (χ4v) is 0.802. The lowest BCUT2D eigenvalue weighted by Gasteiger charge is -2.08. The molecule has 0 unspecified atom stereocenters. The molecule has 1 saturated heterocycles. The average Bonchev–Trinajstić information content (AvgIpc) is 1.90. The van der Waals surface area contributed by atoms with E-state index in [1.165, 1.54) is 32.4 Å². The summed E-state index contributed by atoms with van der Waals surface area (Å²) >= 11 is 0. The molecule has 10 heavy (non-hydrogen) atoms. The Balaban J connectivity index is 0.000000180. The maximum atomic E-state index is 8.78. The van der Waals surface area contributed by atoms with Crippen molar-refractivity contribution in [3.63, 3.8) is 0 Å².